The SMILES string of the molecule is OC(CNCc1cncs1)c1cc(Cl)ccc1Cl. The van der Waals surface area contributed by atoms with E-state index in [0.29, 0.717) is 28.7 Å². The van der Waals surface area contributed by atoms with Crippen molar-refractivity contribution in [1.29, 1.82) is 0 Å². The van der Waals surface area contributed by atoms with Gasteiger partial charge in [0.1, 0.15) is 0 Å². The molecule has 1 unspecified atom stereocenters. The average molecular weight is 303 g/mol. The Labute approximate surface area is 119 Å². The monoisotopic (exact) mass is 302 g/mol. The van der Waals surface area contributed by atoms with Crippen LogP contribution >= 0.6 is 34.5 Å². The molecule has 0 aliphatic rings. The number of aliphatic hydroxyl groups is 1. The minimum absolute atomic E-state index is 0.415. The van der Waals surface area contributed by atoms with Crippen LogP contribution in [0.1, 0.15) is 16.5 Å². The van der Waals surface area contributed by atoms with E-state index in [4.69, 9.17) is 23.2 Å². The predicted octanol–water partition coefficient (Wildman–Crippen LogP) is 3.27. The molecule has 96 valence electrons. The van der Waals surface area contributed by atoms with Gasteiger partial charge < -0.3 is 10.4 Å². The largest absolute Gasteiger partial charge is 0.387 e. The minimum atomic E-state index is -0.677. The van der Waals surface area contributed by atoms with Crippen molar-refractivity contribution < 1.29 is 5.11 Å². The lowest BCUT2D eigenvalue weighted by molar-refractivity contribution is 0.174. The number of nitrogens with zero attached hydrogens (tertiary/aromatic N) is 1. The first kappa shape index (κ1) is 13.8. The maximum atomic E-state index is 10.0. The second kappa shape index (κ2) is 6.50. The molecule has 0 aliphatic carbocycles. The van der Waals surface area contributed by atoms with Crippen molar-refractivity contribution in [3.05, 3.63) is 50.4 Å². The van der Waals surface area contributed by atoms with Crippen LogP contribution in [-0.2, 0) is 6.54 Å². The van der Waals surface area contributed by atoms with Crippen molar-refractivity contribution in [2.45, 2.75) is 12.6 Å². The van der Waals surface area contributed by atoms with Gasteiger partial charge in [-0.15, -0.1) is 11.3 Å². The molecular weight excluding hydrogens is 291 g/mol. The van der Waals surface area contributed by atoms with Crippen molar-refractivity contribution in [2.24, 2.45) is 0 Å². The van der Waals surface area contributed by atoms with Crippen LogP contribution in [0.25, 0.3) is 0 Å². The smallest absolute Gasteiger partial charge is 0.0929 e. The Kier molecular flexibility index (Phi) is 4.97. The quantitative estimate of drug-likeness (QED) is 0.891. The molecule has 0 saturated carbocycles. The van der Waals surface area contributed by atoms with Gasteiger partial charge in [-0.2, -0.15) is 0 Å². The fourth-order valence-corrected chi connectivity index (χ4v) is 2.53. The number of hydrogen-bond acceptors (Lipinski definition) is 4. The van der Waals surface area contributed by atoms with Crippen LogP contribution in [0, 0.1) is 0 Å². The molecule has 1 heterocycles. The molecule has 0 bridgehead atoms. The molecule has 0 spiro atoms. The summed E-state index contributed by atoms with van der Waals surface area (Å²) in [5.74, 6) is 0. The van der Waals surface area contributed by atoms with E-state index in [-0.39, 0.29) is 0 Å². The number of aliphatic hydroxyl groups excluding tert-OH is 1. The summed E-state index contributed by atoms with van der Waals surface area (Å²) >= 11 is 13.5. The van der Waals surface area contributed by atoms with E-state index in [0.717, 1.165) is 4.88 Å². The first-order valence-corrected chi connectivity index (χ1v) is 7.01. The Hall–Kier alpha value is -0.650. The first-order chi connectivity index (χ1) is 8.66. The molecule has 2 N–H and O–H groups in total. The number of nitrogens with one attached hydrogen (secondary N) is 1. The highest BCUT2D eigenvalue weighted by atomic mass is 35.5. The van der Waals surface area contributed by atoms with Crippen LogP contribution in [0.4, 0.5) is 0 Å². The predicted molar refractivity (Wildman–Crippen MR) is 75.2 cm³/mol. The van der Waals surface area contributed by atoms with Crippen LogP contribution < -0.4 is 5.32 Å². The van der Waals surface area contributed by atoms with Gasteiger partial charge in [-0.05, 0) is 18.2 Å². The van der Waals surface area contributed by atoms with Gasteiger partial charge in [-0.3, -0.25) is 4.98 Å². The summed E-state index contributed by atoms with van der Waals surface area (Å²) in [5.41, 5.74) is 2.42. The van der Waals surface area contributed by atoms with Crippen molar-refractivity contribution in [3.8, 4) is 0 Å². The fourth-order valence-electron chi connectivity index (χ4n) is 1.54. The van der Waals surface area contributed by atoms with Crippen LogP contribution in [0.2, 0.25) is 10.0 Å². The van der Waals surface area contributed by atoms with E-state index >= 15 is 0 Å². The van der Waals surface area contributed by atoms with Gasteiger partial charge in [-0.25, -0.2) is 0 Å². The van der Waals surface area contributed by atoms with Gasteiger partial charge in [0, 0.05) is 39.8 Å². The maximum Gasteiger partial charge on any atom is 0.0929 e. The van der Waals surface area contributed by atoms with Crippen molar-refractivity contribution in [2.75, 3.05) is 6.54 Å². The number of benzene rings is 1. The lowest BCUT2D eigenvalue weighted by atomic mass is 10.1. The van der Waals surface area contributed by atoms with Crippen LogP contribution in [-0.4, -0.2) is 16.6 Å². The molecule has 2 aromatic rings. The summed E-state index contributed by atoms with van der Waals surface area (Å²) in [6.07, 6.45) is 1.13. The average Bonchev–Trinajstić information content (AvgIpc) is 2.85. The summed E-state index contributed by atoms with van der Waals surface area (Å²) in [4.78, 5) is 5.11. The number of aromatic nitrogens is 1. The van der Waals surface area contributed by atoms with Crippen LogP contribution in [0.5, 0.6) is 0 Å². The van der Waals surface area contributed by atoms with Gasteiger partial charge >= 0.3 is 0 Å². The molecule has 3 nitrogen and oxygen atoms in total. The normalized spacial score (nSPS) is 12.6. The van der Waals surface area contributed by atoms with E-state index < -0.39 is 6.10 Å². The van der Waals surface area contributed by atoms with E-state index in [1.807, 2.05) is 0 Å². The molecule has 0 amide bonds. The summed E-state index contributed by atoms with van der Waals surface area (Å²) in [6.45, 7) is 1.10. The Morgan fingerprint density at radius 2 is 2.22 bits per heavy atom. The highest BCUT2D eigenvalue weighted by molar-refractivity contribution is 7.09. The van der Waals surface area contributed by atoms with Crippen LogP contribution in [0.15, 0.2) is 29.9 Å². The highest BCUT2D eigenvalue weighted by Crippen LogP contribution is 2.26. The Morgan fingerprint density at radius 3 is 2.94 bits per heavy atom. The Balaban J connectivity index is 1.91. The number of rotatable bonds is 5. The van der Waals surface area contributed by atoms with Crippen molar-refractivity contribution >= 4 is 34.5 Å². The minimum Gasteiger partial charge on any atom is -0.387 e. The van der Waals surface area contributed by atoms with E-state index in [1.165, 1.54) is 0 Å². The number of halogens is 2. The second-order valence-corrected chi connectivity index (χ2v) is 5.59. The summed E-state index contributed by atoms with van der Waals surface area (Å²) < 4.78 is 0. The standard InChI is InChI=1S/C12H12Cl2N2OS/c13-8-1-2-11(14)10(3-8)12(17)6-15-4-9-5-16-7-18-9/h1-3,5,7,12,15,17H,4,6H2. The molecular formula is C12H12Cl2N2OS. The second-order valence-electron chi connectivity index (χ2n) is 3.78. The third-order valence-corrected chi connectivity index (χ3v) is 3.80. The Bertz CT molecular complexity index is 505. The zero-order valence-corrected chi connectivity index (χ0v) is 11.8. The lowest BCUT2D eigenvalue weighted by Crippen LogP contribution is -2.20. The summed E-state index contributed by atoms with van der Waals surface area (Å²) in [6, 6.07) is 5.07. The van der Waals surface area contributed by atoms with E-state index in [2.05, 4.69) is 10.3 Å². The lowest BCUT2D eigenvalue weighted by Gasteiger charge is -2.13. The zero-order chi connectivity index (χ0) is 13.0. The maximum absolute atomic E-state index is 10.0. The van der Waals surface area contributed by atoms with Crippen molar-refractivity contribution in [3.63, 3.8) is 0 Å². The van der Waals surface area contributed by atoms with Crippen LogP contribution in [0.3, 0.4) is 0 Å². The van der Waals surface area contributed by atoms with E-state index in [1.54, 1.807) is 41.2 Å². The number of thiazole rings is 1. The zero-order valence-electron chi connectivity index (χ0n) is 9.44. The molecule has 0 radical (unpaired) electrons. The fraction of sp³-hybridized carbons (Fsp3) is 0.250. The van der Waals surface area contributed by atoms with Gasteiger partial charge in [-0.1, -0.05) is 23.2 Å². The molecule has 1 aromatic carbocycles. The molecule has 1 aromatic heterocycles. The summed E-state index contributed by atoms with van der Waals surface area (Å²) in [5, 5.41) is 14.3. The first-order valence-electron chi connectivity index (χ1n) is 5.38. The third-order valence-electron chi connectivity index (χ3n) is 2.44. The Morgan fingerprint density at radius 1 is 1.39 bits per heavy atom. The molecule has 0 saturated heterocycles. The molecule has 0 aliphatic heterocycles. The molecule has 6 heteroatoms. The number of hydrogen-bond donors (Lipinski definition) is 2. The molecule has 2 rings (SSSR count). The van der Waals surface area contributed by atoms with Gasteiger partial charge in [0.05, 0.1) is 11.6 Å². The molecule has 18 heavy (non-hydrogen) atoms. The highest BCUT2D eigenvalue weighted by Gasteiger charge is 2.11. The molecule has 1 atom stereocenters. The van der Waals surface area contributed by atoms with Crippen molar-refractivity contribution in [1.82, 2.24) is 10.3 Å². The van der Waals surface area contributed by atoms with Gasteiger partial charge in [0.15, 0.2) is 0 Å². The topological polar surface area (TPSA) is 45.1 Å². The van der Waals surface area contributed by atoms with E-state index in [9.17, 15) is 5.11 Å². The van der Waals surface area contributed by atoms with Gasteiger partial charge in [0.25, 0.3) is 0 Å². The summed E-state index contributed by atoms with van der Waals surface area (Å²) in [7, 11) is 0. The molecule has 0 fully saturated rings. The van der Waals surface area contributed by atoms with Gasteiger partial charge in [0.2, 0.25) is 0 Å². The third kappa shape index (κ3) is 3.67.